The van der Waals surface area contributed by atoms with E-state index in [0.717, 1.165) is 25.9 Å². The summed E-state index contributed by atoms with van der Waals surface area (Å²) >= 11 is 0. The van der Waals surface area contributed by atoms with Crippen molar-refractivity contribution in [2.24, 2.45) is 11.7 Å². The average Bonchev–Trinajstić information content (AvgIpc) is 2.38. The van der Waals surface area contributed by atoms with Gasteiger partial charge in [0.15, 0.2) is 0 Å². The van der Waals surface area contributed by atoms with Gasteiger partial charge in [-0.15, -0.1) is 12.4 Å². The molecular weight excluding hydrogens is 267 g/mol. The molecule has 1 saturated heterocycles. The monoisotopic (exact) mass is 286 g/mol. The highest BCUT2D eigenvalue weighted by atomic mass is 35.5. The molecule has 1 aliphatic heterocycles. The Kier molecular flexibility index (Phi) is 5.76. The molecule has 0 bridgehead atoms. The Hall–Kier alpha value is -1.13. The molecule has 3 nitrogen and oxygen atoms in total. The number of halogens is 2. The predicted octanol–water partition coefficient (Wildman–Crippen LogP) is 2.37. The van der Waals surface area contributed by atoms with Crippen LogP contribution in [0.25, 0.3) is 0 Å². The first-order valence-electron chi connectivity index (χ1n) is 6.37. The van der Waals surface area contributed by atoms with Crippen LogP contribution in [-0.2, 0) is 0 Å². The van der Waals surface area contributed by atoms with Gasteiger partial charge in [0.2, 0.25) is 0 Å². The summed E-state index contributed by atoms with van der Waals surface area (Å²) in [6.45, 7) is 3.95. The summed E-state index contributed by atoms with van der Waals surface area (Å²) in [6.07, 6.45) is 1.92. The van der Waals surface area contributed by atoms with E-state index in [1.54, 1.807) is 13.0 Å². The highest BCUT2D eigenvalue weighted by Crippen LogP contribution is 2.19. The highest BCUT2D eigenvalue weighted by Gasteiger charge is 2.23. The van der Waals surface area contributed by atoms with Crippen LogP contribution in [0, 0.1) is 18.7 Å². The molecular formula is C14H20ClFN2O. The number of piperidine rings is 1. The van der Waals surface area contributed by atoms with Gasteiger partial charge in [0, 0.05) is 18.7 Å². The summed E-state index contributed by atoms with van der Waals surface area (Å²) in [5, 5.41) is 0. The van der Waals surface area contributed by atoms with Crippen molar-refractivity contribution < 1.29 is 9.18 Å². The second-order valence-electron chi connectivity index (χ2n) is 4.93. The minimum absolute atomic E-state index is 0. The van der Waals surface area contributed by atoms with Crippen molar-refractivity contribution in [2.45, 2.75) is 19.8 Å². The van der Waals surface area contributed by atoms with Crippen LogP contribution in [0.1, 0.15) is 28.8 Å². The van der Waals surface area contributed by atoms with Gasteiger partial charge in [-0.05, 0) is 56.0 Å². The number of amides is 1. The number of likely N-dealkylation sites (tertiary alicyclic amines) is 1. The molecule has 1 heterocycles. The molecule has 0 saturated carbocycles. The summed E-state index contributed by atoms with van der Waals surface area (Å²) in [5.41, 5.74) is 6.93. The normalized spacial score (nSPS) is 16.1. The van der Waals surface area contributed by atoms with E-state index in [0.29, 0.717) is 23.6 Å². The Bertz CT molecular complexity index is 445. The molecule has 1 aromatic rings. The lowest BCUT2D eigenvalue weighted by Gasteiger charge is -2.31. The maximum Gasteiger partial charge on any atom is 0.254 e. The SMILES string of the molecule is Cc1cc(F)ccc1C(=O)N1CCC(CN)CC1.Cl. The molecule has 1 fully saturated rings. The number of carbonyl (C=O) groups excluding carboxylic acids is 1. The third-order valence-corrected chi connectivity index (χ3v) is 3.65. The first-order chi connectivity index (χ1) is 8.61. The van der Waals surface area contributed by atoms with E-state index >= 15 is 0 Å². The molecule has 0 aromatic heterocycles. The number of hydrogen-bond acceptors (Lipinski definition) is 2. The minimum atomic E-state index is -0.300. The van der Waals surface area contributed by atoms with E-state index < -0.39 is 0 Å². The number of nitrogens with two attached hydrogens (primary N) is 1. The Morgan fingerprint density at radius 2 is 2.05 bits per heavy atom. The fraction of sp³-hybridized carbons (Fsp3) is 0.500. The van der Waals surface area contributed by atoms with Crippen LogP contribution >= 0.6 is 12.4 Å². The van der Waals surface area contributed by atoms with Crippen molar-refractivity contribution in [2.75, 3.05) is 19.6 Å². The fourth-order valence-electron chi connectivity index (χ4n) is 2.41. The van der Waals surface area contributed by atoms with Crippen molar-refractivity contribution >= 4 is 18.3 Å². The number of aryl methyl sites for hydroxylation is 1. The lowest BCUT2D eigenvalue weighted by Crippen LogP contribution is -2.40. The van der Waals surface area contributed by atoms with Crippen LogP contribution in [0.4, 0.5) is 4.39 Å². The van der Waals surface area contributed by atoms with E-state index in [-0.39, 0.29) is 24.1 Å². The zero-order chi connectivity index (χ0) is 13.1. The number of hydrogen-bond donors (Lipinski definition) is 1. The lowest BCUT2D eigenvalue weighted by atomic mass is 9.96. The molecule has 1 aromatic carbocycles. The lowest BCUT2D eigenvalue weighted by molar-refractivity contribution is 0.0692. The first-order valence-corrected chi connectivity index (χ1v) is 6.37. The number of benzene rings is 1. The Morgan fingerprint density at radius 1 is 1.42 bits per heavy atom. The molecule has 0 radical (unpaired) electrons. The van der Waals surface area contributed by atoms with Crippen molar-refractivity contribution in [3.8, 4) is 0 Å². The van der Waals surface area contributed by atoms with Crippen molar-refractivity contribution in [1.29, 1.82) is 0 Å². The third-order valence-electron chi connectivity index (χ3n) is 3.65. The number of carbonyl (C=O) groups is 1. The van der Waals surface area contributed by atoms with Gasteiger partial charge in [-0.3, -0.25) is 4.79 Å². The summed E-state index contributed by atoms with van der Waals surface area (Å²) < 4.78 is 13.0. The van der Waals surface area contributed by atoms with Gasteiger partial charge in [-0.1, -0.05) is 0 Å². The van der Waals surface area contributed by atoms with Gasteiger partial charge in [0.1, 0.15) is 5.82 Å². The smallest absolute Gasteiger partial charge is 0.254 e. The van der Waals surface area contributed by atoms with Crippen LogP contribution in [0.3, 0.4) is 0 Å². The molecule has 1 amide bonds. The van der Waals surface area contributed by atoms with Gasteiger partial charge in [0.25, 0.3) is 5.91 Å². The fourth-order valence-corrected chi connectivity index (χ4v) is 2.41. The molecule has 0 atom stereocenters. The third kappa shape index (κ3) is 3.67. The van der Waals surface area contributed by atoms with Gasteiger partial charge in [-0.2, -0.15) is 0 Å². The maximum atomic E-state index is 13.0. The molecule has 0 unspecified atom stereocenters. The zero-order valence-corrected chi connectivity index (χ0v) is 11.9. The molecule has 106 valence electrons. The number of nitrogens with zero attached hydrogens (tertiary/aromatic N) is 1. The standard InChI is InChI=1S/C14H19FN2O.ClH/c1-10-8-12(15)2-3-13(10)14(18)17-6-4-11(9-16)5-7-17;/h2-3,8,11H,4-7,9,16H2,1H3;1H. The van der Waals surface area contributed by atoms with Crippen LogP contribution in [0.5, 0.6) is 0 Å². The summed E-state index contributed by atoms with van der Waals surface area (Å²) in [5.74, 6) is 0.234. The van der Waals surface area contributed by atoms with Crippen molar-refractivity contribution in [3.63, 3.8) is 0 Å². The van der Waals surface area contributed by atoms with E-state index in [2.05, 4.69) is 0 Å². The van der Waals surface area contributed by atoms with Gasteiger partial charge in [-0.25, -0.2) is 4.39 Å². The second kappa shape index (κ2) is 6.87. The van der Waals surface area contributed by atoms with Crippen LogP contribution in [0.15, 0.2) is 18.2 Å². The molecule has 5 heteroatoms. The summed E-state index contributed by atoms with van der Waals surface area (Å²) in [6, 6.07) is 4.31. The Morgan fingerprint density at radius 3 is 2.58 bits per heavy atom. The van der Waals surface area contributed by atoms with Crippen molar-refractivity contribution in [3.05, 3.63) is 35.1 Å². The Labute approximate surface area is 119 Å². The number of rotatable bonds is 2. The average molecular weight is 287 g/mol. The summed E-state index contributed by atoms with van der Waals surface area (Å²) in [4.78, 5) is 14.1. The van der Waals surface area contributed by atoms with E-state index in [4.69, 9.17) is 5.73 Å². The van der Waals surface area contributed by atoms with E-state index in [9.17, 15) is 9.18 Å². The molecule has 0 aliphatic carbocycles. The minimum Gasteiger partial charge on any atom is -0.339 e. The van der Waals surface area contributed by atoms with Crippen LogP contribution in [-0.4, -0.2) is 30.4 Å². The quantitative estimate of drug-likeness (QED) is 0.907. The zero-order valence-electron chi connectivity index (χ0n) is 11.1. The highest BCUT2D eigenvalue weighted by molar-refractivity contribution is 5.95. The van der Waals surface area contributed by atoms with E-state index in [1.165, 1.54) is 12.1 Å². The summed E-state index contributed by atoms with van der Waals surface area (Å²) in [7, 11) is 0. The van der Waals surface area contributed by atoms with Gasteiger partial charge < -0.3 is 10.6 Å². The molecule has 0 spiro atoms. The predicted molar refractivity (Wildman–Crippen MR) is 76.1 cm³/mol. The molecule has 1 aliphatic rings. The van der Waals surface area contributed by atoms with Crippen LogP contribution in [0.2, 0.25) is 0 Å². The van der Waals surface area contributed by atoms with Crippen LogP contribution < -0.4 is 5.73 Å². The molecule has 2 N–H and O–H groups in total. The molecule has 2 rings (SSSR count). The second-order valence-corrected chi connectivity index (χ2v) is 4.93. The maximum absolute atomic E-state index is 13.0. The van der Waals surface area contributed by atoms with Crippen molar-refractivity contribution in [1.82, 2.24) is 4.90 Å². The van der Waals surface area contributed by atoms with Gasteiger partial charge >= 0.3 is 0 Å². The Balaban J connectivity index is 0.00000180. The molecule has 19 heavy (non-hydrogen) atoms. The van der Waals surface area contributed by atoms with Gasteiger partial charge in [0.05, 0.1) is 0 Å². The van der Waals surface area contributed by atoms with E-state index in [1.807, 2.05) is 4.90 Å². The topological polar surface area (TPSA) is 46.3 Å². The first kappa shape index (κ1) is 15.9. The largest absolute Gasteiger partial charge is 0.339 e.